The lowest BCUT2D eigenvalue weighted by Crippen LogP contribution is -2.33. The average molecular weight is 343 g/mol. The monoisotopic (exact) mass is 343 g/mol. The van der Waals surface area contributed by atoms with Gasteiger partial charge in [-0.25, -0.2) is 9.78 Å². The number of oxazole rings is 1. The van der Waals surface area contributed by atoms with Gasteiger partial charge in [-0.05, 0) is 39.3 Å². The molecule has 1 unspecified atom stereocenters. The summed E-state index contributed by atoms with van der Waals surface area (Å²) in [6.45, 7) is 7.12. The largest absolute Gasteiger partial charge is 0.417 e. The average Bonchev–Trinajstić information content (AvgIpc) is 3.10. The Kier molecular flexibility index (Phi) is 4.02. The number of nitrogens with one attached hydrogen (secondary N) is 1. The standard InChI is InChI=1S/C18H21N3O2S/c1-11-12(2)24-17(19-11)14-6-4-8-21(10-14)9-13-5-3-7-15-16(13)23-18(22)20-15/h3,5,7,14H,4,6,8-10H2,1-2H3,(H,20,22). The van der Waals surface area contributed by atoms with Crippen LogP contribution in [0.1, 0.15) is 39.9 Å². The van der Waals surface area contributed by atoms with Gasteiger partial charge in [0.1, 0.15) is 0 Å². The second-order valence-corrected chi connectivity index (χ2v) is 7.81. The number of hydrogen-bond donors (Lipinski definition) is 1. The van der Waals surface area contributed by atoms with Crippen LogP contribution >= 0.6 is 11.3 Å². The van der Waals surface area contributed by atoms with Gasteiger partial charge in [-0.3, -0.25) is 9.88 Å². The van der Waals surface area contributed by atoms with Gasteiger partial charge in [0, 0.05) is 29.4 Å². The predicted molar refractivity (Wildman–Crippen MR) is 95.7 cm³/mol. The van der Waals surface area contributed by atoms with Gasteiger partial charge in [0.25, 0.3) is 0 Å². The number of H-pyrrole nitrogens is 1. The summed E-state index contributed by atoms with van der Waals surface area (Å²) in [4.78, 5) is 22.7. The lowest BCUT2D eigenvalue weighted by Gasteiger charge is -2.31. The molecule has 1 aliphatic rings. The smallest absolute Gasteiger partial charge is 0.408 e. The predicted octanol–water partition coefficient (Wildman–Crippen LogP) is 3.57. The van der Waals surface area contributed by atoms with E-state index in [1.165, 1.54) is 22.7 Å². The van der Waals surface area contributed by atoms with Crippen LogP contribution in [0, 0.1) is 13.8 Å². The first-order chi connectivity index (χ1) is 11.6. The van der Waals surface area contributed by atoms with Crippen molar-refractivity contribution in [3.63, 3.8) is 0 Å². The molecule has 0 bridgehead atoms. The van der Waals surface area contributed by atoms with Crippen molar-refractivity contribution >= 4 is 22.4 Å². The van der Waals surface area contributed by atoms with E-state index in [1.54, 1.807) is 0 Å². The Morgan fingerprint density at radius 3 is 3.08 bits per heavy atom. The highest BCUT2D eigenvalue weighted by Crippen LogP contribution is 2.32. The quantitative estimate of drug-likeness (QED) is 0.790. The molecule has 126 valence electrons. The van der Waals surface area contributed by atoms with Gasteiger partial charge >= 0.3 is 5.76 Å². The number of hydrogen-bond acceptors (Lipinski definition) is 5. The number of thiazole rings is 1. The fraction of sp³-hybridized carbons (Fsp3) is 0.444. The first-order valence-electron chi connectivity index (χ1n) is 8.37. The van der Waals surface area contributed by atoms with Gasteiger partial charge < -0.3 is 4.42 Å². The van der Waals surface area contributed by atoms with Crippen molar-refractivity contribution in [2.24, 2.45) is 0 Å². The third-order valence-electron chi connectivity index (χ3n) is 4.82. The number of para-hydroxylation sites is 1. The van der Waals surface area contributed by atoms with Gasteiger partial charge in [0.2, 0.25) is 0 Å². The SMILES string of the molecule is Cc1nc(C2CCCN(Cc3cccc4[nH]c(=O)oc34)C2)sc1C. The van der Waals surface area contributed by atoms with E-state index in [0.29, 0.717) is 11.5 Å². The number of likely N-dealkylation sites (tertiary alicyclic amines) is 1. The molecule has 0 aliphatic carbocycles. The molecule has 24 heavy (non-hydrogen) atoms. The van der Waals surface area contributed by atoms with Crippen LogP contribution in [0.15, 0.2) is 27.4 Å². The number of nitrogens with zero attached hydrogens (tertiary/aromatic N) is 2. The topological polar surface area (TPSA) is 62.1 Å². The lowest BCUT2D eigenvalue weighted by atomic mass is 9.98. The maximum atomic E-state index is 11.5. The number of piperidine rings is 1. The van der Waals surface area contributed by atoms with Crippen LogP contribution in [-0.2, 0) is 6.54 Å². The molecule has 1 atom stereocenters. The zero-order valence-electron chi connectivity index (χ0n) is 14.0. The Morgan fingerprint density at radius 1 is 1.42 bits per heavy atom. The third-order valence-corrected chi connectivity index (χ3v) is 6.06. The maximum absolute atomic E-state index is 11.5. The first-order valence-corrected chi connectivity index (χ1v) is 9.19. The van der Waals surface area contributed by atoms with Crippen molar-refractivity contribution in [1.82, 2.24) is 14.9 Å². The van der Waals surface area contributed by atoms with Crippen LogP contribution < -0.4 is 5.76 Å². The van der Waals surface area contributed by atoms with Crippen molar-refractivity contribution < 1.29 is 4.42 Å². The van der Waals surface area contributed by atoms with Crippen molar-refractivity contribution in [2.45, 2.75) is 39.2 Å². The molecule has 0 radical (unpaired) electrons. The third kappa shape index (κ3) is 2.91. The number of fused-ring (bicyclic) bond motifs is 1. The van der Waals surface area contributed by atoms with E-state index in [2.05, 4.69) is 23.7 Å². The molecule has 4 rings (SSSR count). The van der Waals surface area contributed by atoms with E-state index in [0.717, 1.165) is 36.4 Å². The highest BCUT2D eigenvalue weighted by molar-refractivity contribution is 7.11. The van der Waals surface area contributed by atoms with Crippen molar-refractivity contribution in [3.8, 4) is 0 Å². The van der Waals surface area contributed by atoms with Crippen molar-refractivity contribution in [1.29, 1.82) is 0 Å². The number of aromatic nitrogens is 2. The summed E-state index contributed by atoms with van der Waals surface area (Å²) in [5, 5.41) is 1.26. The van der Waals surface area contributed by atoms with E-state index < -0.39 is 0 Å². The van der Waals surface area contributed by atoms with E-state index in [1.807, 2.05) is 29.5 Å². The number of aryl methyl sites for hydroxylation is 2. The van der Waals surface area contributed by atoms with Gasteiger partial charge in [-0.15, -0.1) is 11.3 Å². The second-order valence-electron chi connectivity index (χ2n) is 6.58. The van der Waals surface area contributed by atoms with Gasteiger partial charge in [-0.1, -0.05) is 12.1 Å². The van der Waals surface area contributed by atoms with Crippen molar-refractivity contribution in [2.75, 3.05) is 13.1 Å². The minimum absolute atomic E-state index is 0.386. The van der Waals surface area contributed by atoms with E-state index in [-0.39, 0.29) is 5.76 Å². The summed E-state index contributed by atoms with van der Waals surface area (Å²) in [7, 11) is 0. The van der Waals surface area contributed by atoms with Crippen LogP contribution in [0.25, 0.3) is 11.1 Å². The summed E-state index contributed by atoms with van der Waals surface area (Å²) in [5.41, 5.74) is 3.69. The Morgan fingerprint density at radius 2 is 2.29 bits per heavy atom. The maximum Gasteiger partial charge on any atom is 0.417 e. The van der Waals surface area contributed by atoms with Gasteiger partial charge in [0.05, 0.1) is 16.2 Å². The zero-order chi connectivity index (χ0) is 16.7. The summed E-state index contributed by atoms with van der Waals surface area (Å²) in [5.74, 6) is 0.122. The molecule has 0 amide bonds. The normalized spacial score (nSPS) is 19.2. The molecule has 2 aromatic heterocycles. The fourth-order valence-electron chi connectivity index (χ4n) is 3.47. The summed E-state index contributed by atoms with van der Waals surface area (Å²) in [6, 6.07) is 5.89. The highest BCUT2D eigenvalue weighted by atomic mass is 32.1. The second kappa shape index (κ2) is 6.18. The van der Waals surface area contributed by atoms with Crippen LogP contribution in [0.2, 0.25) is 0 Å². The first kappa shape index (κ1) is 15.6. The van der Waals surface area contributed by atoms with Crippen molar-refractivity contribution in [3.05, 3.63) is 49.9 Å². The highest BCUT2D eigenvalue weighted by Gasteiger charge is 2.25. The molecular weight excluding hydrogens is 322 g/mol. The number of aromatic amines is 1. The lowest BCUT2D eigenvalue weighted by molar-refractivity contribution is 0.200. The Labute approximate surface area is 144 Å². The molecule has 1 N–H and O–H groups in total. The molecular formula is C18H21N3O2S. The van der Waals surface area contributed by atoms with Gasteiger partial charge in [0.15, 0.2) is 5.58 Å². The molecule has 1 saturated heterocycles. The summed E-state index contributed by atoms with van der Waals surface area (Å²) >= 11 is 1.83. The Bertz CT molecular complexity index is 904. The molecule has 3 heterocycles. The number of rotatable bonds is 3. The number of benzene rings is 1. The van der Waals surface area contributed by atoms with Crippen LogP contribution in [0.4, 0.5) is 0 Å². The van der Waals surface area contributed by atoms with Crippen LogP contribution in [0.5, 0.6) is 0 Å². The van der Waals surface area contributed by atoms with E-state index in [9.17, 15) is 4.79 Å². The fourth-order valence-corrected chi connectivity index (χ4v) is 4.52. The van der Waals surface area contributed by atoms with Crippen LogP contribution in [-0.4, -0.2) is 28.0 Å². The summed E-state index contributed by atoms with van der Waals surface area (Å²) < 4.78 is 5.32. The molecule has 1 aliphatic heterocycles. The molecule has 5 nitrogen and oxygen atoms in total. The minimum atomic E-state index is -0.386. The molecule has 0 spiro atoms. The van der Waals surface area contributed by atoms with E-state index in [4.69, 9.17) is 9.40 Å². The minimum Gasteiger partial charge on any atom is -0.408 e. The zero-order valence-corrected chi connectivity index (χ0v) is 14.8. The Hall–Kier alpha value is -1.92. The molecule has 1 aromatic carbocycles. The molecule has 0 saturated carbocycles. The Balaban J connectivity index is 1.54. The summed E-state index contributed by atoms with van der Waals surface area (Å²) in [6.07, 6.45) is 2.38. The van der Waals surface area contributed by atoms with Gasteiger partial charge in [-0.2, -0.15) is 0 Å². The van der Waals surface area contributed by atoms with Crippen LogP contribution in [0.3, 0.4) is 0 Å². The molecule has 6 heteroatoms. The molecule has 1 fully saturated rings. The van der Waals surface area contributed by atoms with E-state index >= 15 is 0 Å². The molecule has 3 aromatic rings.